The van der Waals surface area contributed by atoms with Gasteiger partial charge in [0.05, 0.1) is 13.0 Å². The number of benzene rings is 1. The van der Waals surface area contributed by atoms with E-state index in [4.69, 9.17) is 14.2 Å². The van der Waals surface area contributed by atoms with Crippen molar-refractivity contribution in [2.45, 2.75) is 11.5 Å². The highest BCUT2D eigenvalue weighted by atomic mass is 16.7. The Labute approximate surface area is 118 Å². The monoisotopic (exact) mass is 272 g/mol. The van der Waals surface area contributed by atoms with Gasteiger partial charge in [-0.25, -0.2) is 0 Å². The first-order valence-corrected chi connectivity index (χ1v) is 5.89. The Kier molecular flexibility index (Phi) is 5.74. The van der Waals surface area contributed by atoms with Crippen molar-refractivity contribution in [3.63, 3.8) is 0 Å². The fourth-order valence-corrected chi connectivity index (χ4v) is 1.82. The second-order valence-corrected chi connectivity index (χ2v) is 4.00. The Morgan fingerprint density at radius 1 is 1.25 bits per heavy atom. The first-order valence-electron chi connectivity index (χ1n) is 5.89. The lowest BCUT2D eigenvalue weighted by atomic mass is 9.83. The number of ether oxygens (including phenoxy) is 3. The lowest BCUT2D eigenvalue weighted by molar-refractivity contribution is -0.0855. The van der Waals surface area contributed by atoms with Crippen molar-refractivity contribution in [3.05, 3.63) is 42.5 Å². The summed E-state index contributed by atoms with van der Waals surface area (Å²) in [4.78, 5) is 0. The molecular weight excluding hydrogens is 256 g/mol. The van der Waals surface area contributed by atoms with Crippen molar-refractivity contribution in [1.29, 1.82) is 10.5 Å². The van der Waals surface area contributed by atoms with Crippen LogP contribution in [0.2, 0.25) is 0 Å². The molecule has 104 valence electrons. The summed E-state index contributed by atoms with van der Waals surface area (Å²) in [5, 5.41) is 18.7. The first-order chi connectivity index (χ1) is 9.67. The van der Waals surface area contributed by atoms with Crippen LogP contribution in [0.1, 0.15) is 11.5 Å². The number of nitrogens with zero attached hydrogens (tertiary/aromatic N) is 2. The first kappa shape index (κ1) is 15.7. The maximum absolute atomic E-state index is 9.34. The second kappa shape index (κ2) is 7.30. The van der Waals surface area contributed by atoms with E-state index in [-0.39, 0.29) is 6.79 Å². The van der Waals surface area contributed by atoms with E-state index in [0.717, 1.165) is 5.56 Å². The van der Waals surface area contributed by atoms with Crippen LogP contribution in [-0.2, 0) is 9.47 Å². The second-order valence-electron chi connectivity index (χ2n) is 4.00. The normalized spacial score (nSPS) is 12.0. The molecule has 0 radical (unpaired) electrons. The van der Waals surface area contributed by atoms with Crippen molar-refractivity contribution >= 4 is 0 Å². The summed E-state index contributed by atoms with van der Waals surface area (Å²) in [5.41, 5.74) is -0.938. The van der Waals surface area contributed by atoms with Crippen molar-refractivity contribution in [3.8, 4) is 17.9 Å². The molecule has 0 aliphatic rings. The van der Waals surface area contributed by atoms with Crippen LogP contribution >= 0.6 is 0 Å². The Morgan fingerprint density at radius 2 is 1.85 bits per heavy atom. The van der Waals surface area contributed by atoms with Gasteiger partial charge in [-0.2, -0.15) is 10.5 Å². The Balaban J connectivity index is 3.16. The van der Waals surface area contributed by atoms with Gasteiger partial charge in [-0.3, -0.25) is 0 Å². The third-order valence-electron chi connectivity index (χ3n) is 2.89. The average molecular weight is 272 g/mol. The molecule has 0 bridgehead atoms. The molecule has 0 aromatic heterocycles. The summed E-state index contributed by atoms with van der Waals surface area (Å²) in [6.07, 6.45) is 1.52. The molecule has 0 heterocycles. The number of hydrogen-bond donors (Lipinski definition) is 0. The minimum absolute atomic E-state index is 0.151. The van der Waals surface area contributed by atoms with Crippen molar-refractivity contribution in [2.75, 3.05) is 21.0 Å². The van der Waals surface area contributed by atoms with E-state index in [1.54, 1.807) is 31.4 Å². The lowest BCUT2D eigenvalue weighted by Crippen LogP contribution is -2.36. The molecule has 0 saturated heterocycles. The average Bonchev–Trinajstić information content (AvgIpc) is 2.52. The van der Waals surface area contributed by atoms with E-state index >= 15 is 0 Å². The molecule has 20 heavy (non-hydrogen) atoms. The molecule has 0 spiro atoms. The third kappa shape index (κ3) is 3.16. The van der Waals surface area contributed by atoms with Crippen LogP contribution in [0.15, 0.2) is 36.9 Å². The van der Waals surface area contributed by atoms with Crippen molar-refractivity contribution in [1.82, 2.24) is 0 Å². The van der Waals surface area contributed by atoms with Crippen LogP contribution in [0.25, 0.3) is 0 Å². The fourth-order valence-electron chi connectivity index (χ4n) is 1.82. The molecular formula is C15H16N2O3. The molecule has 5 heteroatoms. The SMILES string of the molecule is C=C[C@H](c1ccc(OC)cc1)C(C#N)(C#N)OCOC. The minimum Gasteiger partial charge on any atom is -0.497 e. The summed E-state index contributed by atoms with van der Waals surface area (Å²) in [7, 11) is 2.99. The quantitative estimate of drug-likeness (QED) is 0.562. The largest absolute Gasteiger partial charge is 0.497 e. The number of rotatable bonds is 7. The highest BCUT2D eigenvalue weighted by Gasteiger charge is 2.40. The van der Waals surface area contributed by atoms with Gasteiger partial charge < -0.3 is 14.2 Å². The smallest absolute Gasteiger partial charge is 0.253 e. The van der Waals surface area contributed by atoms with Crippen LogP contribution in [0, 0.1) is 22.7 Å². The molecule has 0 unspecified atom stereocenters. The van der Waals surface area contributed by atoms with E-state index < -0.39 is 11.5 Å². The van der Waals surface area contributed by atoms with Crippen molar-refractivity contribution in [2.24, 2.45) is 0 Å². The Bertz CT molecular complexity index is 512. The summed E-state index contributed by atoms with van der Waals surface area (Å²) in [5.74, 6) is 0.0902. The van der Waals surface area contributed by atoms with Crippen LogP contribution in [-0.4, -0.2) is 26.6 Å². The molecule has 0 aliphatic heterocycles. The molecule has 5 nitrogen and oxygen atoms in total. The van der Waals surface area contributed by atoms with E-state index in [0.29, 0.717) is 5.75 Å². The molecule has 0 saturated carbocycles. The van der Waals surface area contributed by atoms with E-state index in [9.17, 15) is 10.5 Å². The Hall–Kier alpha value is -2.34. The molecule has 1 aromatic rings. The topological polar surface area (TPSA) is 75.3 Å². The molecule has 0 N–H and O–H groups in total. The predicted molar refractivity (Wildman–Crippen MR) is 72.9 cm³/mol. The maximum Gasteiger partial charge on any atom is 0.253 e. The Morgan fingerprint density at radius 3 is 2.25 bits per heavy atom. The summed E-state index contributed by atoms with van der Waals surface area (Å²) in [6, 6.07) is 10.9. The molecule has 1 aromatic carbocycles. The van der Waals surface area contributed by atoms with Crippen LogP contribution < -0.4 is 4.74 Å². The minimum atomic E-state index is -1.67. The van der Waals surface area contributed by atoms with E-state index in [1.165, 1.54) is 13.2 Å². The highest BCUT2D eigenvalue weighted by Crippen LogP contribution is 2.33. The van der Waals surface area contributed by atoms with Gasteiger partial charge in [0.25, 0.3) is 5.60 Å². The lowest BCUT2D eigenvalue weighted by Gasteiger charge is -2.26. The van der Waals surface area contributed by atoms with Crippen LogP contribution in [0.5, 0.6) is 5.75 Å². The molecule has 0 fully saturated rings. The van der Waals surface area contributed by atoms with E-state index in [2.05, 4.69) is 6.58 Å². The predicted octanol–water partition coefficient (Wildman–Crippen LogP) is 2.37. The summed E-state index contributed by atoms with van der Waals surface area (Å²) < 4.78 is 15.2. The van der Waals surface area contributed by atoms with Gasteiger partial charge in [0.1, 0.15) is 24.7 Å². The fraction of sp³-hybridized carbons (Fsp3) is 0.333. The van der Waals surface area contributed by atoms with Gasteiger partial charge in [-0.1, -0.05) is 18.2 Å². The van der Waals surface area contributed by atoms with Gasteiger partial charge in [0.2, 0.25) is 0 Å². The highest BCUT2D eigenvalue weighted by molar-refractivity contribution is 5.39. The van der Waals surface area contributed by atoms with Gasteiger partial charge >= 0.3 is 0 Å². The van der Waals surface area contributed by atoms with Crippen LogP contribution in [0.3, 0.4) is 0 Å². The van der Waals surface area contributed by atoms with Gasteiger partial charge in [0, 0.05) is 7.11 Å². The van der Waals surface area contributed by atoms with Gasteiger partial charge in [-0.05, 0) is 17.7 Å². The summed E-state index contributed by atoms with van der Waals surface area (Å²) >= 11 is 0. The van der Waals surface area contributed by atoms with E-state index in [1.807, 2.05) is 12.1 Å². The number of methoxy groups -OCH3 is 2. The zero-order valence-electron chi connectivity index (χ0n) is 11.5. The van der Waals surface area contributed by atoms with Gasteiger partial charge in [-0.15, -0.1) is 6.58 Å². The zero-order valence-corrected chi connectivity index (χ0v) is 11.5. The maximum atomic E-state index is 9.34. The number of hydrogen-bond acceptors (Lipinski definition) is 5. The van der Waals surface area contributed by atoms with Gasteiger partial charge in [0.15, 0.2) is 0 Å². The van der Waals surface area contributed by atoms with Crippen LogP contribution in [0.4, 0.5) is 0 Å². The molecule has 0 aliphatic carbocycles. The summed E-state index contributed by atoms with van der Waals surface area (Å²) in [6.45, 7) is 3.54. The standard InChI is InChI=1S/C15H16N2O3/c1-4-14(12-5-7-13(19-3)8-6-12)15(9-16,10-17)20-11-18-2/h4-8,14H,1,11H2,2-3H3/t14-/m1/s1. The molecule has 1 atom stereocenters. The molecule has 1 rings (SSSR count). The number of nitriles is 2. The third-order valence-corrected chi connectivity index (χ3v) is 2.89. The zero-order chi connectivity index (χ0) is 15.0. The molecule has 0 amide bonds. The van der Waals surface area contributed by atoms with Crippen molar-refractivity contribution < 1.29 is 14.2 Å².